The van der Waals surface area contributed by atoms with Gasteiger partial charge in [-0.3, -0.25) is 19.3 Å². The Labute approximate surface area is 141 Å². The van der Waals surface area contributed by atoms with Gasteiger partial charge in [0, 0.05) is 19.5 Å². The molecule has 130 valence electrons. The molecule has 0 radical (unpaired) electrons. The maximum Gasteiger partial charge on any atom is 0.261 e. The summed E-state index contributed by atoms with van der Waals surface area (Å²) in [4.78, 5) is 37.5. The zero-order valence-electron chi connectivity index (χ0n) is 14.3. The summed E-state index contributed by atoms with van der Waals surface area (Å²) in [6.07, 6.45) is 0.819. The fourth-order valence-corrected chi connectivity index (χ4v) is 2.64. The van der Waals surface area contributed by atoms with Gasteiger partial charge >= 0.3 is 0 Å². The number of hydrogen-bond donors (Lipinski definition) is 2. The summed E-state index contributed by atoms with van der Waals surface area (Å²) in [7, 11) is 0. The summed E-state index contributed by atoms with van der Waals surface area (Å²) in [5, 5.41) is 13.0. The van der Waals surface area contributed by atoms with E-state index in [1.807, 2.05) is 13.8 Å². The Balaban J connectivity index is 1.87. The average molecular weight is 332 g/mol. The predicted octanol–water partition coefficient (Wildman–Crippen LogP) is 1.59. The number of carbonyl (C=O) groups is 3. The number of nitrogens with zero attached hydrogens (tertiary/aromatic N) is 1. The van der Waals surface area contributed by atoms with E-state index in [1.165, 1.54) is 0 Å². The van der Waals surface area contributed by atoms with Crippen molar-refractivity contribution in [1.82, 2.24) is 10.2 Å². The first-order valence-electron chi connectivity index (χ1n) is 8.22. The van der Waals surface area contributed by atoms with Crippen molar-refractivity contribution in [3.63, 3.8) is 0 Å². The van der Waals surface area contributed by atoms with Gasteiger partial charge in [0.15, 0.2) is 0 Å². The highest BCUT2D eigenvalue weighted by molar-refractivity contribution is 6.21. The first kappa shape index (κ1) is 18.1. The second kappa shape index (κ2) is 7.13. The Morgan fingerprint density at radius 2 is 1.79 bits per heavy atom. The van der Waals surface area contributed by atoms with E-state index in [1.54, 1.807) is 31.2 Å². The standard InChI is InChI=1S/C18H24N2O4/c1-4-12(2)18(3,24)11-19-15(21)9-10-20-16(22)13-7-5-6-8-14(13)17(20)23/h5-8,12,24H,4,9-11H2,1-3H3,(H,19,21)/t12-,18-/m1/s1. The van der Waals surface area contributed by atoms with Crippen LogP contribution in [-0.2, 0) is 4.79 Å². The molecule has 1 aromatic rings. The monoisotopic (exact) mass is 332 g/mol. The number of amides is 3. The van der Waals surface area contributed by atoms with Gasteiger partial charge in [0.2, 0.25) is 5.91 Å². The predicted molar refractivity (Wildman–Crippen MR) is 89.5 cm³/mol. The van der Waals surface area contributed by atoms with E-state index in [-0.39, 0.29) is 43.1 Å². The molecule has 0 aromatic heterocycles. The lowest BCUT2D eigenvalue weighted by Crippen LogP contribution is -2.45. The molecule has 24 heavy (non-hydrogen) atoms. The van der Waals surface area contributed by atoms with Gasteiger partial charge < -0.3 is 10.4 Å². The summed E-state index contributed by atoms with van der Waals surface area (Å²) in [6, 6.07) is 6.63. The summed E-state index contributed by atoms with van der Waals surface area (Å²) in [6.45, 7) is 5.76. The normalized spacial score (nSPS) is 17.4. The van der Waals surface area contributed by atoms with E-state index >= 15 is 0 Å². The second-order valence-corrected chi connectivity index (χ2v) is 6.50. The molecule has 1 aliphatic rings. The van der Waals surface area contributed by atoms with Crippen molar-refractivity contribution in [3.8, 4) is 0 Å². The number of fused-ring (bicyclic) bond motifs is 1. The summed E-state index contributed by atoms with van der Waals surface area (Å²) in [5.74, 6) is -0.978. The van der Waals surface area contributed by atoms with Gasteiger partial charge in [-0.15, -0.1) is 0 Å². The average Bonchev–Trinajstić information content (AvgIpc) is 2.82. The van der Waals surface area contributed by atoms with Crippen LogP contribution in [0.4, 0.5) is 0 Å². The highest BCUT2D eigenvalue weighted by Crippen LogP contribution is 2.22. The largest absolute Gasteiger partial charge is 0.388 e. The molecular weight excluding hydrogens is 308 g/mol. The van der Waals surface area contributed by atoms with E-state index in [9.17, 15) is 19.5 Å². The maximum absolute atomic E-state index is 12.2. The number of carbonyl (C=O) groups excluding carboxylic acids is 3. The summed E-state index contributed by atoms with van der Waals surface area (Å²) in [5.41, 5.74) is -0.231. The van der Waals surface area contributed by atoms with Gasteiger partial charge in [-0.05, 0) is 25.0 Å². The quantitative estimate of drug-likeness (QED) is 0.742. The Bertz CT molecular complexity index is 619. The molecule has 0 saturated carbocycles. The molecule has 2 N–H and O–H groups in total. The fourth-order valence-electron chi connectivity index (χ4n) is 2.64. The molecular formula is C18H24N2O4. The number of hydrogen-bond acceptors (Lipinski definition) is 4. The summed E-state index contributed by atoms with van der Waals surface area (Å²) >= 11 is 0. The van der Waals surface area contributed by atoms with E-state index < -0.39 is 5.60 Å². The Morgan fingerprint density at radius 3 is 2.29 bits per heavy atom. The van der Waals surface area contributed by atoms with Crippen LogP contribution in [0.15, 0.2) is 24.3 Å². The molecule has 1 heterocycles. The lowest BCUT2D eigenvalue weighted by atomic mass is 9.88. The van der Waals surface area contributed by atoms with Crippen molar-refractivity contribution in [3.05, 3.63) is 35.4 Å². The highest BCUT2D eigenvalue weighted by atomic mass is 16.3. The van der Waals surface area contributed by atoms with Crippen LogP contribution < -0.4 is 5.32 Å². The van der Waals surface area contributed by atoms with Gasteiger partial charge in [-0.1, -0.05) is 32.4 Å². The number of imide groups is 1. The Morgan fingerprint density at radius 1 is 1.25 bits per heavy atom. The van der Waals surface area contributed by atoms with Gasteiger partial charge in [0.05, 0.1) is 16.7 Å². The van der Waals surface area contributed by atoms with E-state index in [4.69, 9.17) is 0 Å². The van der Waals surface area contributed by atoms with Crippen molar-refractivity contribution >= 4 is 17.7 Å². The smallest absolute Gasteiger partial charge is 0.261 e. The number of benzene rings is 1. The Kier molecular flexibility index (Phi) is 5.39. The van der Waals surface area contributed by atoms with Crippen LogP contribution in [0, 0.1) is 5.92 Å². The SMILES string of the molecule is CC[C@@H](C)[C@](C)(O)CNC(=O)CCN1C(=O)c2ccccc2C1=O. The van der Waals surface area contributed by atoms with Crippen molar-refractivity contribution in [2.24, 2.45) is 5.92 Å². The third-order valence-corrected chi connectivity index (χ3v) is 4.76. The minimum Gasteiger partial charge on any atom is -0.388 e. The van der Waals surface area contributed by atoms with Crippen LogP contribution in [0.1, 0.15) is 54.3 Å². The van der Waals surface area contributed by atoms with Crippen LogP contribution in [0.25, 0.3) is 0 Å². The molecule has 0 fully saturated rings. The molecule has 1 aliphatic heterocycles. The van der Waals surface area contributed by atoms with Gasteiger partial charge in [-0.2, -0.15) is 0 Å². The molecule has 2 rings (SSSR count). The van der Waals surface area contributed by atoms with Crippen LogP contribution in [0.2, 0.25) is 0 Å². The lowest BCUT2D eigenvalue weighted by molar-refractivity contribution is -0.122. The molecule has 0 spiro atoms. The van der Waals surface area contributed by atoms with Crippen LogP contribution in [0.3, 0.4) is 0 Å². The zero-order chi connectivity index (χ0) is 17.9. The number of aliphatic hydroxyl groups is 1. The lowest BCUT2D eigenvalue weighted by Gasteiger charge is -2.29. The van der Waals surface area contributed by atoms with E-state index in [0.717, 1.165) is 11.3 Å². The molecule has 3 amide bonds. The van der Waals surface area contributed by atoms with Gasteiger partial charge in [0.1, 0.15) is 0 Å². The number of rotatable bonds is 7. The minimum atomic E-state index is -0.986. The van der Waals surface area contributed by atoms with Crippen molar-refractivity contribution in [2.45, 2.75) is 39.2 Å². The van der Waals surface area contributed by atoms with Crippen LogP contribution in [0.5, 0.6) is 0 Å². The fraction of sp³-hybridized carbons (Fsp3) is 0.500. The molecule has 0 unspecified atom stereocenters. The molecule has 0 saturated heterocycles. The molecule has 2 atom stereocenters. The van der Waals surface area contributed by atoms with Crippen LogP contribution in [-0.4, -0.2) is 46.4 Å². The summed E-state index contributed by atoms with van der Waals surface area (Å²) < 4.78 is 0. The van der Waals surface area contributed by atoms with Gasteiger partial charge in [-0.25, -0.2) is 0 Å². The van der Waals surface area contributed by atoms with E-state index in [2.05, 4.69) is 5.32 Å². The minimum absolute atomic E-state index is 0.0159. The Hall–Kier alpha value is -2.21. The third-order valence-electron chi connectivity index (χ3n) is 4.76. The topological polar surface area (TPSA) is 86.7 Å². The molecule has 1 aromatic carbocycles. The molecule has 0 bridgehead atoms. The zero-order valence-corrected chi connectivity index (χ0v) is 14.3. The van der Waals surface area contributed by atoms with Crippen molar-refractivity contribution in [2.75, 3.05) is 13.1 Å². The maximum atomic E-state index is 12.2. The molecule has 6 nitrogen and oxygen atoms in total. The van der Waals surface area contributed by atoms with Crippen LogP contribution >= 0.6 is 0 Å². The first-order valence-corrected chi connectivity index (χ1v) is 8.22. The van der Waals surface area contributed by atoms with E-state index in [0.29, 0.717) is 11.1 Å². The highest BCUT2D eigenvalue weighted by Gasteiger charge is 2.35. The van der Waals surface area contributed by atoms with Crippen molar-refractivity contribution in [1.29, 1.82) is 0 Å². The van der Waals surface area contributed by atoms with Gasteiger partial charge in [0.25, 0.3) is 11.8 Å². The number of nitrogens with one attached hydrogen (secondary N) is 1. The second-order valence-electron chi connectivity index (χ2n) is 6.50. The molecule has 6 heteroatoms. The molecule has 0 aliphatic carbocycles. The van der Waals surface area contributed by atoms with Crippen molar-refractivity contribution < 1.29 is 19.5 Å². The first-order chi connectivity index (χ1) is 11.3. The third kappa shape index (κ3) is 3.64.